The minimum Gasteiger partial charge on any atom is -0.277 e. The molecule has 2 nitrogen and oxygen atoms in total. The maximum absolute atomic E-state index is 12.1. The van der Waals surface area contributed by atoms with Crippen LogP contribution in [0.3, 0.4) is 0 Å². The Hall–Kier alpha value is -1.22. The number of carbonyl (C=O) groups is 1. The number of anilines is 2. The van der Waals surface area contributed by atoms with Gasteiger partial charge in [0.25, 0.3) is 0 Å². The molecule has 0 aromatic heterocycles. The van der Waals surface area contributed by atoms with E-state index in [-0.39, 0.29) is 11.8 Å². The maximum Gasteiger partial charge on any atom is 0.246 e. The monoisotopic (exact) mass is 319 g/mol. The Labute approximate surface area is 126 Å². The lowest BCUT2D eigenvalue weighted by Crippen LogP contribution is -2.27. The molecule has 1 amide bonds. The number of amides is 1. The van der Waals surface area contributed by atoms with Gasteiger partial charge in [-0.25, -0.2) is 0 Å². The lowest BCUT2D eigenvalue weighted by molar-refractivity contribution is -0.115. The number of halogens is 3. The molecule has 98 valence electrons. The molecule has 0 spiro atoms. The van der Waals surface area contributed by atoms with Gasteiger partial charge in [0, 0.05) is 5.69 Å². The molecule has 0 heterocycles. The van der Waals surface area contributed by atoms with Crippen molar-refractivity contribution in [3.8, 4) is 0 Å². The molecule has 0 bridgehead atoms. The van der Waals surface area contributed by atoms with Crippen molar-refractivity contribution in [2.24, 2.45) is 0 Å². The van der Waals surface area contributed by atoms with Crippen LogP contribution in [0.25, 0.3) is 0 Å². The predicted octanol–water partition coefficient (Wildman–Crippen LogP) is 4.90. The second-order valence-corrected chi connectivity index (χ2v) is 4.85. The van der Waals surface area contributed by atoms with Crippen LogP contribution < -0.4 is 4.90 Å². The average molecular weight is 321 g/mol. The van der Waals surface area contributed by atoms with Gasteiger partial charge in [-0.15, -0.1) is 11.6 Å². The van der Waals surface area contributed by atoms with E-state index >= 15 is 0 Å². The smallest absolute Gasteiger partial charge is 0.246 e. The van der Waals surface area contributed by atoms with Gasteiger partial charge in [-0.3, -0.25) is 9.69 Å². The van der Waals surface area contributed by atoms with Gasteiger partial charge < -0.3 is 0 Å². The van der Waals surface area contributed by atoms with Crippen molar-refractivity contribution in [1.82, 2.24) is 0 Å². The third kappa shape index (κ3) is 3.03. The predicted molar refractivity (Wildman–Crippen MR) is 80.8 cm³/mol. The van der Waals surface area contributed by atoms with Crippen LogP contribution in [0, 0.1) is 0 Å². The molecule has 0 saturated heterocycles. The minimum absolute atomic E-state index is 0.156. The van der Waals surface area contributed by atoms with Gasteiger partial charge >= 0.3 is 0 Å². The third-order valence-electron chi connectivity index (χ3n) is 2.54. The van der Waals surface area contributed by atoms with Crippen LogP contribution in [0.15, 0.2) is 48.5 Å². The standard InChI is InChI=1S/C14H10Cl3NO/c15-9-13(19)18(10-5-2-1-3-6-10)14-11(16)7-4-8-12(14)17/h1-8H,9H2/i1+1,2+1,3+1,5+1,6+1,10+1. The summed E-state index contributed by atoms with van der Waals surface area (Å²) >= 11 is 18.0. The molecular weight excluding hydrogens is 310 g/mol. The molecule has 2 aromatic carbocycles. The Morgan fingerprint density at radius 2 is 1.53 bits per heavy atom. The molecule has 0 fully saturated rings. The number of carbonyl (C=O) groups excluding carboxylic acids is 1. The van der Waals surface area contributed by atoms with E-state index in [0.29, 0.717) is 21.4 Å². The van der Waals surface area contributed by atoms with Gasteiger partial charge in [-0.1, -0.05) is 47.5 Å². The highest BCUT2D eigenvalue weighted by molar-refractivity contribution is 6.41. The molecule has 2 rings (SSSR count). The third-order valence-corrected chi connectivity index (χ3v) is 3.38. The molecule has 0 aliphatic heterocycles. The zero-order valence-corrected chi connectivity index (χ0v) is 12.1. The van der Waals surface area contributed by atoms with E-state index < -0.39 is 0 Å². The molecule has 5 heteroatoms. The summed E-state index contributed by atoms with van der Waals surface area (Å²) in [5, 5.41) is 0.796. The lowest BCUT2D eigenvalue weighted by atomic mass is 10.3. The quantitative estimate of drug-likeness (QED) is 0.737. The van der Waals surface area contributed by atoms with Gasteiger partial charge in [0.05, 0.1) is 15.7 Å². The Balaban J connectivity index is 2.59. The Morgan fingerprint density at radius 3 is 2.05 bits per heavy atom. The van der Waals surface area contributed by atoms with Crippen LogP contribution in [0.4, 0.5) is 11.4 Å². The summed E-state index contributed by atoms with van der Waals surface area (Å²) < 4.78 is 0. The van der Waals surface area contributed by atoms with Crippen LogP contribution in [-0.4, -0.2) is 11.8 Å². The van der Waals surface area contributed by atoms with Crippen LogP contribution in [0.1, 0.15) is 0 Å². The first-order valence-corrected chi connectivity index (χ1v) is 6.82. The fraction of sp³-hybridized carbons (Fsp3) is 0.0714. The number of alkyl halides is 1. The molecular formula is C14H10Cl3NO. The highest BCUT2D eigenvalue weighted by Gasteiger charge is 2.21. The molecule has 0 atom stereocenters. The van der Waals surface area contributed by atoms with Crippen molar-refractivity contribution >= 4 is 52.1 Å². The highest BCUT2D eigenvalue weighted by Crippen LogP contribution is 2.37. The molecule has 2 aromatic rings. The van der Waals surface area contributed by atoms with Gasteiger partial charge in [-0.2, -0.15) is 0 Å². The van der Waals surface area contributed by atoms with E-state index in [2.05, 4.69) is 0 Å². The molecule has 0 unspecified atom stereocenters. The number of hydrogen-bond donors (Lipinski definition) is 0. The van der Waals surface area contributed by atoms with Crippen LogP contribution >= 0.6 is 34.8 Å². The van der Waals surface area contributed by atoms with Gasteiger partial charge in [-0.05, 0) is 24.3 Å². The molecule has 0 N–H and O–H groups in total. The Bertz CT molecular complexity index is 566. The number of rotatable bonds is 3. The number of hydrogen-bond acceptors (Lipinski definition) is 1. The molecule has 0 radical (unpaired) electrons. The summed E-state index contributed by atoms with van der Waals surface area (Å²) in [7, 11) is 0. The molecule has 0 aliphatic carbocycles. The first-order valence-electron chi connectivity index (χ1n) is 5.53. The number of nitrogens with zero attached hydrogens (tertiary/aromatic N) is 1. The topological polar surface area (TPSA) is 20.3 Å². The molecule has 19 heavy (non-hydrogen) atoms. The lowest BCUT2D eigenvalue weighted by Gasteiger charge is -2.24. The van der Waals surface area contributed by atoms with E-state index in [0.717, 1.165) is 0 Å². The fourth-order valence-electron chi connectivity index (χ4n) is 1.74. The number of benzene rings is 2. The second kappa shape index (κ2) is 6.29. The molecule has 0 aliphatic rings. The average Bonchev–Trinajstić information content (AvgIpc) is 2.43. The summed E-state index contributed by atoms with van der Waals surface area (Å²) in [6, 6.07) is 14.2. The van der Waals surface area contributed by atoms with Crippen molar-refractivity contribution < 1.29 is 4.79 Å². The Kier molecular flexibility index (Phi) is 4.70. The summed E-state index contributed by atoms with van der Waals surface area (Å²) in [4.78, 5) is 13.5. The van der Waals surface area contributed by atoms with Gasteiger partial charge in [0.2, 0.25) is 5.91 Å². The summed E-state index contributed by atoms with van der Waals surface area (Å²) in [5.74, 6) is -0.445. The van der Waals surface area contributed by atoms with Crippen molar-refractivity contribution in [1.29, 1.82) is 0 Å². The van der Waals surface area contributed by atoms with E-state index in [1.165, 1.54) is 4.90 Å². The molecule has 0 saturated carbocycles. The van der Waals surface area contributed by atoms with E-state index in [1.807, 2.05) is 18.2 Å². The first-order chi connectivity index (χ1) is 9.15. The second-order valence-electron chi connectivity index (χ2n) is 3.77. The van der Waals surface area contributed by atoms with E-state index in [4.69, 9.17) is 34.8 Å². The summed E-state index contributed by atoms with van der Waals surface area (Å²) in [6.07, 6.45) is 0. The van der Waals surface area contributed by atoms with E-state index in [9.17, 15) is 4.79 Å². The Morgan fingerprint density at radius 1 is 0.947 bits per heavy atom. The van der Waals surface area contributed by atoms with E-state index in [1.54, 1.807) is 30.3 Å². The normalized spacial score (nSPS) is 10.3. The SMILES string of the molecule is O=C(CCl)N(c1c(Cl)cccc1Cl)[13c]1[13cH][13cH][13cH][13cH][13cH]1. The summed E-state index contributed by atoms with van der Waals surface area (Å²) in [5.41, 5.74) is 1.12. The zero-order valence-electron chi connectivity index (χ0n) is 9.82. The van der Waals surface area contributed by atoms with Crippen molar-refractivity contribution in [3.63, 3.8) is 0 Å². The zero-order chi connectivity index (χ0) is 13.8. The van der Waals surface area contributed by atoms with Crippen molar-refractivity contribution in [3.05, 3.63) is 58.6 Å². The fourth-order valence-corrected chi connectivity index (χ4v) is 2.42. The van der Waals surface area contributed by atoms with Gasteiger partial charge in [0.1, 0.15) is 5.88 Å². The van der Waals surface area contributed by atoms with Crippen LogP contribution in [0.5, 0.6) is 0 Å². The van der Waals surface area contributed by atoms with Crippen molar-refractivity contribution in [2.45, 2.75) is 0 Å². The van der Waals surface area contributed by atoms with Gasteiger partial charge in [0.15, 0.2) is 0 Å². The number of para-hydroxylation sites is 2. The largest absolute Gasteiger partial charge is 0.277 e. The van der Waals surface area contributed by atoms with Crippen LogP contribution in [0.2, 0.25) is 10.0 Å². The maximum atomic E-state index is 12.1. The van der Waals surface area contributed by atoms with Crippen LogP contribution in [-0.2, 0) is 4.79 Å². The van der Waals surface area contributed by atoms with Crippen molar-refractivity contribution in [2.75, 3.05) is 10.8 Å². The highest BCUT2D eigenvalue weighted by atomic mass is 35.5. The first kappa shape index (κ1) is 14.2. The minimum atomic E-state index is -0.289. The summed E-state index contributed by atoms with van der Waals surface area (Å²) in [6.45, 7) is 0.